The molecule has 78 valence electrons. The molecule has 0 bridgehead atoms. The van der Waals surface area contributed by atoms with Crippen LogP contribution in [0.15, 0.2) is 18.2 Å². The molecule has 0 saturated heterocycles. The Hall–Kier alpha value is -0.380. The number of hydrogen-bond acceptors (Lipinski definition) is 1. The zero-order valence-electron chi connectivity index (χ0n) is 7.27. The van der Waals surface area contributed by atoms with E-state index in [0.29, 0.717) is 6.92 Å². The molecule has 0 aliphatic rings. The summed E-state index contributed by atoms with van der Waals surface area (Å²) in [5.41, 5.74) is 0.0481. The van der Waals surface area contributed by atoms with E-state index in [0.717, 1.165) is 0 Å². The van der Waals surface area contributed by atoms with Crippen molar-refractivity contribution in [3.63, 3.8) is 0 Å². The SMILES string of the molecule is CC(F)(F)C(O)c1ccc(Cl)c(Cl)c1. The fourth-order valence-corrected chi connectivity index (χ4v) is 1.28. The summed E-state index contributed by atoms with van der Waals surface area (Å²) < 4.78 is 25.4. The lowest BCUT2D eigenvalue weighted by atomic mass is 10.1. The number of hydrogen-bond donors (Lipinski definition) is 1. The van der Waals surface area contributed by atoms with Crippen LogP contribution in [0.5, 0.6) is 0 Å². The molecule has 1 rings (SSSR count). The van der Waals surface area contributed by atoms with Crippen molar-refractivity contribution < 1.29 is 13.9 Å². The van der Waals surface area contributed by atoms with E-state index in [1.54, 1.807) is 0 Å². The molecule has 1 N–H and O–H groups in total. The van der Waals surface area contributed by atoms with Gasteiger partial charge in [-0.3, -0.25) is 0 Å². The highest BCUT2D eigenvalue weighted by molar-refractivity contribution is 6.42. The first-order valence-corrected chi connectivity index (χ1v) is 4.59. The first kappa shape index (κ1) is 11.7. The smallest absolute Gasteiger partial charge is 0.274 e. The van der Waals surface area contributed by atoms with Crippen molar-refractivity contribution in [2.75, 3.05) is 0 Å². The molecule has 0 spiro atoms. The van der Waals surface area contributed by atoms with E-state index < -0.39 is 12.0 Å². The van der Waals surface area contributed by atoms with E-state index >= 15 is 0 Å². The van der Waals surface area contributed by atoms with Gasteiger partial charge in [0.1, 0.15) is 6.10 Å². The van der Waals surface area contributed by atoms with Gasteiger partial charge in [0.05, 0.1) is 10.0 Å². The molecule has 0 radical (unpaired) electrons. The van der Waals surface area contributed by atoms with E-state index in [1.165, 1.54) is 18.2 Å². The summed E-state index contributed by atoms with van der Waals surface area (Å²) in [6.07, 6.45) is -1.86. The number of rotatable bonds is 2. The molecule has 0 aromatic heterocycles. The third kappa shape index (κ3) is 2.56. The van der Waals surface area contributed by atoms with Crippen molar-refractivity contribution in [1.29, 1.82) is 0 Å². The average Bonchev–Trinajstić information content (AvgIpc) is 2.07. The third-order valence-electron chi connectivity index (χ3n) is 1.74. The number of aliphatic hydroxyl groups is 1. The Morgan fingerprint density at radius 1 is 1.29 bits per heavy atom. The maximum atomic E-state index is 12.7. The van der Waals surface area contributed by atoms with Crippen LogP contribution in [-0.2, 0) is 0 Å². The van der Waals surface area contributed by atoms with Crippen LogP contribution in [0.25, 0.3) is 0 Å². The summed E-state index contributed by atoms with van der Waals surface area (Å²) in [5, 5.41) is 9.63. The molecule has 0 aliphatic carbocycles. The van der Waals surface area contributed by atoms with Gasteiger partial charge in [0.15, 0.2) is 0 Å². The Kier molecular flexibility index (Phi) is 3.35. The van der Waals surface area contributed by atoms with E-state index in [9.17, 15) is 13.9 Å². The van der Waals surface area contributed by atoms with Crippen LogP contribution < -0.4 is 0 Å². The molecule has 0 heterocycles. The minimum absolute atomic E-state index is 0.0481. The molecule has 0 amide bonds. The van der Waals surface area contributed by atoms with Gasteiger partial charge in [-0.05, 0) is 17.7 Å². The normalized spacial score (nSPS) is 14.1. The molecule has 14 heavy (non-hydrogen) atoms. The summed E-state index contributed by atoms with van der Waals surface area (Å²) in [5.74, 6) is -3.20. The van der Waals surface area contributed by atoms with Gasteiger partial charge in [-0.25, -0.2) is 8.78 Å². The van der Waals surface area contributed by atoms with Gasteiger partial charge in [0.2, 0.25) is 0 Å². The second-order valence-electron chi connectivity index (χ2n) is 3.03. The number of benzene rings is 1. The molecule has 1 nitrogen and oxygen atoms in total. The van der Waals surface area contributed by atoms with Crippen LogP contribution in [0.1, 0.15) is 18.6 Å². The Bertz CT molecular complexity index is 336. The van der Waals surface area contributed by atoms with E-state index in [2.05, 4.69) is 0 Å². The number of aliphatic hydroxyl groups excluding tert-OH is 1. The van der Waals surface area contributed by atoms with Crippen molar-refractivity contribution >= 4 is 23.2 Å². The fraction of sp³-hybridized carbons (Fsp3) is 0.333. The van der Waals surface area contributed by atoms with Gasteiger partial charge >= 0.3 is 0 Å². The van der Waals surface area contributed by atoms with Crippen LogP contribution in [0.3, 0.4) is 0 Å². The van der Waals surface area contributed by atoms with Crippen LogP contribution in [0.4, 0.5) is 8.78 Å². The highest BCUT2D eigenvalue weighted by Gasteiger charge is 2.33. The summed E-state index contributed by atoms with van der Waals surface area (Å²) in [4.78, 5) is 0. The second kappa shape index (κ2) is 4.01. The van der Waals surface area contributed by atoms with Crippen LogP contribution >= 0.6 is 23.2 Å². The lowest BCUT2D eigenvalue weighted by Gasteiger charge is -2.18. The molecule has 1 unspecified atom stereocenters. The van der Waals surface area contributed by atoms with E-state index in [1.807, 2.05) is 0 Å². The zero-order chi connectivity index (χ0) is 10.9. The Morgan fingerprint density at radius 3 is 2.29 bits per heavy atom. The Morgan fingerprint density at radius 2 is 1.86 bits per heavy atom. The number of halogens is 4. The van der Waals surface area contributed by atoms with E-state index in [-0.39, 0.29) is 15.6 Å². The maximum Gasteiger partial charge on any atom is 0.274 e. The standard InChI is InChI=1S/C9H8Cl2F2O/c1-9(12,13)8(14)5-2-3-6(10)7(11)4-5/h2-4,8,14H,1H3. The first-order chi connectivity index (χ1) is 6.32. The van der Waals surface area contributed by atoms with Gasteiger partial charge in [0, 0.05) is 6.92 Å². The molecule has 1 aromatic rings. The molecular weight excluding hydrogens is 233 g/mol. The Labute approximate surface area is 90.3 Å². The van der Waals surface area contributed by atoms with Crippen molar-refractivity contribution in [3.05, 3.63) is 33.8 Å². The van der Waals surface area contributed by atoms with Crippen LogP contribution in [0, 0.1) is 0 Å². The van der Waals surface area contributed by atoms with Gasteiger partial charge < -0.3 is 5.11 Å². The van der Waals surface area contributed by atoms with Gasteiger partial charge in [-0.2, -0.15) is 0 Å². The number of alkyl halides is 2. The molecule has 5 heteroatoms. The monoisotopic (exact) mass is 240 g/mol. The largest absolute Gasteiger partial charge is 0.382 e. The molecule has 1 atom stereocenters. The molecule has 0 saturated carbocycles. The lowest BCUT2D eigenvalue weighted by Crippen LogP contribution is -2.21. The summed E-state index contributed by atoms with van der Waals surface area (Å²) >= 11 is 11.2. The van der Waals surface area contributed by atoms with Crippen LogP contribution in [0.2, 0.25) is 10.0 Å². The molecule has 0 aliphatic heterocycles. The predicted molar refractivity (Wildman–Crippen MR) is 52.0 cm³/mol. The summed E-state index contributed by atoms with van der Waals surface area (Å²) in [6.45, 7) is 0.639. The summed E-state index contributed by atoms with van der Waals surface area (Å²) in [6, 6.07) is 3.91. The Balaban J connectivity index is 3.03. The third-order valence-corrected chi connectivity index (χ3v) is 2.48. The topological polar surface area (TPSA) is 20.2 Å². The molecule has 0 fully saturated rings. The molecule has 1 aromatic carbocycles. The average molecular weight is 241 g/mol. The van der Waals surface area contributed by atoms with Crippen LogP contribution in [-0.4, -0.2) is 11.0 Å². The van der Waals surface area contributed by atoms with Gasteiger partial charge in [0.25, 0.3) is 5.92 Å². The van der Waals surface area contributed by atoms with Crippen molar-refractivity contribution in [1.82, 2.24) is 0 Å². The van der Waals surface area contributed by atoms with Crippen molar-refractivity contribution in [3.8, 4) is 0 Å². The highest BCUT2D eigenvalue weighted by Crippen LogP contribution is 2.33. The minimum atomic E-state index is -3.20. The van der Waals surface area contributed by atoms with Crippen molar-refractivity contribution in [2.24, 2.45) is 0 Å². The van der Waals surface area contributed by atoms with E-state index in [4.69, 9.17) is 23.2 Å². The zero-order valence-corrected chi connectivity index (χ0v) is 8.78. The van der Waals surface area contributed by atoms with Crippen molar-refractivity contribution in [2.45, 2.75) is 19.0 Å². The quantitative estimate of drug-likeness (QED) is 0.837. The van der Waals surface area contributed by atoms with Gasteiger partial charge in [-0.1, -0.05) is 29.3 Å². The minimum Gasteiger partial charge on any atom is -0.382 e. The molecular formula is C9H8Cl2F2O. The summed E-state index contributed by atoms with van der Waals surface area (Å²) in [7, 11) is 0. The first-order valence-electron chi connectivity index (χ1n) is 3.83. The fourth-order valence-electron chi connectivity index (χ4n) is 0.975. The van der Waals surface area contributed by atoms with Gasteiger partial charge in [-0.15, -0.1) is 0 Å². The highest BCUT2D eigenvalue weighted by atomic mass is 35.5. The predicted octanol–water partition coefficient (Wildman–Crippen LogP) is 3.68. The second-order valence-corrected chi connectivity index (χ2v) is 3.85. The lowest BCUT2D eigenvalue weighted by molar-refractivity contribution is -0.0954. The maximum absolute atomic E-state index is 12.7.